The van der Waals surface area contributed by atoms with E-state index in [1.807, 2.05) is 44.0 Å². The molecule has 1 saturated carbocycles. The van der Waals surface area contributed by atoms with Gasteiger partial charge in [-0.05, 0) is 75.3 Å². The fraction of sp³-hybridized carbons (Fsp3) is 0.550. The van der Waals surface area contributed by atoms with Gasteiger partial charge in [0.25, 0.3) is 0 Å². The van der Waals surface area contributed by atoms with E-state index < -0.39 is 5.60 Å². The molecule has 1 saturated heterocycles. The predicted molar refractivity (Wildman–Crippen MR) is 111 cm³/mol. The minimum atomic E-state index is -0.437. The zero-order valence-corrected chi connectivity index (χ0v) is 18.4. The van der Waals surface area contributed by atoms with Crippen molar-refractivity contribution in [3.05, 3.63) is 33.8 Å². The van der Waals surface area contributed by atoms with Gasteiger partial charge in [-0.3, -0.25) is 9.67 Å². The van der Waals surface area contributed by atoms with Gasteiger partial charge in [-0.15, -0.1) is 0 Å². The van der Waals surface area contributed by atoms with Crippen molar-refractivity contribution in [2.24, 2.45) is 5.41 Å². The smallest absolute Gasteiger partial charge is 0.410 e. The monoisotopic (exact) mass is 480 g/mol. The van der Waals surface area contributed by atoms with Gasteiger partial charge in [-0.1, -0.05) is 0 Å². The van der Waals surface area contributed by atoms with E-state index in [1.54, 1.807) is 6.20 Å². The molecular weight excluding hydrogens is 455 g/mol. The van der Waals surface area contributed by atoms with Crippen LogP contribution in [-0.2, 0) is 4.74 Å². The van der Waals surface area contributed by atoms with Crippen molar-refractivity contribution in [2.75, 3.05) is 13.1 Å². The van der Waals surface area contributed by atoms with Crippen LogP contribution in [0.3, 0.4) is 0 Å². The van der Waals surface area contributed by atoms with Crippen molar-refractivity contribution in [3.8, 4) is 11.3 Å². The summed E-state index contributed by atoms with van der Waals surface area (Å²) in [7, 11) is 0. The molecule has 0 N–H and O–H groups in total. The fourth-order valence-corrected chi connectivity index (χ4v) is 4.80. The van der Waals surface area contributed by atoms with E-state index in [9.17, 15) is 4.79 Å². The predicted octanol–water partition coefficient (Wildman–Crippen LogP) is 4.43. The van der Waals surface area contributed by atoms with Crippen LogP contribution in [0.1, 0.15) is 45.3 Å². The number of rotatable bonds is 2. The van der Waals surface area contributed by atoms with Gasteiger partial charge >= 0.3 is 6.09 Å². The number of likely N-dealkylation sites (tertiary alicyclic amines) is 1. The largest absolute Gasteiger partial charge is 0.444 e. The van der Waals surface area contributed by atoms with Gasteiger partial charge in [0.15, 0.2) is 0 Å². The molecule has 0 bridgehead atoms. The molecule has 2 aromatic rings. The molecule has 7 heteroatoms. The summed E-state index contributed by atoms with van der Waals surface area (Å²) in [6, 6.07) is 4.40. The highest BCUT2D eigenvalue weighted by Crippen LogP contribution is 2.54. The second-order valence-electron chi connectivity index (χ2n) is 8.83. The number of carbonyl (C=O) groups is 1. The average Bonchev–Trinajstić information content (AvgIpc) is 2.80. The zero-order chi connectivity index (χ0) is 19.4. The molecule has 0 unspecified atom stereocenters. The van der Waals surface area contributed by atoms with Crippen molar-refractivity contribution >= 4 is 28.7 Å². The molecule has 1 amide bonds. The van der Waals surface area contributed by atoms with Gasteiger partial charge in [0.2, 0.25) is 0 Å². The Kier molecular flexibility index (Phi) is 4.48. The van der Waals surface area contributed by atoms with E-state index in [2.05, 4.69) is 39.2 Å². The Labute approximate surface area is 173 Å². The highest BCUT2D eigenvalue weighted by molar-refractivity contribution is 14.1. The summed E-state index contributed by atoms with van der Waals surface area (Å²) < 4.78 is 8.82. The molecule has 3 heterocycles. The number of hydrogen-bond acceptors (Lipinski definition) is 4. The first-order valence-electron chi connectivity index (χ1n) is 9.30. The highest BCUT2D eigenvalue weighted by atomic mass is 127. The SMILES string of the molecule is Cc1c(I)c(-c2cccnc2)nn1C1CC2(C1)CN(C(=O)OC(C)(C)C)C2. The Balaban J connectivity index is 1.41. The number of pyridine rings is 1. The number of halogens is 1. The van der Waals surface area contributed by atoms with Crippen LogP contribution in [0, 0.1) is 15.9 Å². The second kappa shape index (κ2) is 6.46. The third-order valence-corrected chi connectivity index (χ3v) is 6.69. The maximum atomic E-state index is 12.2. The summed E-state index contributed by atoms with van der Waals surface area (Å²) in [4.78, 5) is 18.2. The Morgan fingerprint density at radius 1 is 1.33 bits per heavy atom. The quantitative estimate of drug-likeness (QED) is 0.597. The molecule has 1 spiro atoms. The Morgan fingerprint density at radius 2 is 2.04 bits per heavy atom. The van der Waals surface area contributed by atoms with Gasteiger partial charge in [0.05, 0.1) is 9.61 Å². The van der Waals surface area contributed by atoms with Gasteiger partial charge < -0.3 is 9.64 Å². The number of aromatic nitrogens is 3. The Morgan fingerprint density at radius 3 is 2.63 bits per heavy atom. The number of carbonyl (C=O) groups excluding carboxylic acids is 1. The van der Waals surface area contributed by atoms with Crippen molar-refractivity contribution in [3.63, 3.8) is 0 Å². The van der Waals surface area contributed by atoms with Gasteiger partial charge in [-0.25, -0.2) is 4.79 Å². The van der Waals surface area contributed by atoms with E-state index in [1.165, 1.54) is 9.26 Å². The van der Waals surface area contributed by atoms with E-state index in [-0.39, 0.29) is 11.5 Å². The maximum absolute atomic E-state index is 12.2. The van der Waals surface area contributed by atoms with Crippen LogP contribution in [0.5, 0.6) is 0 Å². The van der Waals surface area contributed by atoms with Gasteiger partial charge in [-0.2, -0.15) is 5.10 Å². The molecule has 1 aliphatic heterocycles. The van der Waals surface area contributed by atoms with Crippen LogP contribution in [0.25, 0.3) is 11.3 Å². The Bertz CT molecular complexity index is 858. The summed E-state index contributed by atoms with van der Waals surface area (Å²) in [6.45, 7) is 9.44. The van der Waals surface area contributed by atoms with Crippen LogP contribution >= 0.6 is 22.6 Å². The van der Waals surface area contributed by atoms with Gasteiger partial charge in [0, 0.05) is 42.2 Å². The van der Waals surface area contributed by atoms with Gasteiger partial charge in [0.1, 0.15) is 11.3 Å². The van der Waals surface area contributed by atoms with E-state index in [0.29, 0.717) is 6.04 Å². The van der Waals surface area contributed by atoms with Crippen molar-refractivity contribution < 1.29 is 9.53 Å². The summed E-state index contributed by atoms with van der Waals surface area (Å²) in [6.07, 6.45) is 5.58. The average molecular weight is 480 g/mol. The highest BCUT2D eigenvalue weighted by Gasteiger charge is 2.55. The molecule has 27 heavy (non-hydrogen) atoms. The first-order chi connectivity index (χ1) is 12.7. The van der Waals surface area contributed by atoms with E-state index >= 15 is 0 Å². The molecule has 0 atom stereocenters. The van der Waals surface area contributed by atoms with Crippen LogP contribution in [0.4, 0.5) is 4.79 Å². The molecule has 1 aliphatic carbocycles. The summed E-state index contributed by atoms with van der Waals surface area (Å²) in [5.41, 5.74) is 3.08. The molecule has 0 aromatic carbocycles. The van der Waals surface area contributed by atoms with Crippen molar-refractivity contribution in [2.45, 2.75) is 52.2 Å². The molecule has 0 radical (unpaired) electrons. The lowest BCUT2D eigenvalue weighted by Crippen LogP contribution is -2.64. The summed E-state index contributed by atoms with van der Waals surface area (Å²) in [5.74, 6) is 0. The van der Waals surface area contributed by atoms with Crippen molar-refractivity contribution in [1.29, 1.82) is 0 Å². The minimum absolute atomic E-state index is 0.194. The third-order valence-electron chi connectivity index (χ3n) is 5.40. The molecule has 2 aliphatic rings. The molecule has 2 fully saturated rings. The zero-order valence-electron chi connectivity index (χ0n) is 16.2. The number of amides is 1. The lowest BCUT2D eigenvalue weighted by Gasteiger charge is -2.58. The van der Waals surface area contributed by atoms with Crippen LogP contribution < -0.4 is 0 Å². The number of ether oxygens (including phenoxy) is 1. The maximum Gasteiger partial charge on any atom is 0.410 e. The minimum Gasteiger partial charge on any atom is -0.444 e. The lowest BCUT2D eigenvalue weighted by atomic mass is 9.61. The molecular formula is C20H25IN4O2. The third kappa shape index (κ3) is 3.46. The molecule has 4 rings (SSSR count). The first kappa shape index (κ1) is 18.7. The van der Waals surface area contributed by atoms with Crippen LogP contribution in [-0.4, -0.2) is 44.4 Å². The summed E-state index contributed by atoms with van der Waals surface area (Å²) >= 11 is 2.38. The first-order valence-corrected chi connectivity index (χ1v) is 10.4. The van der Waals surface area contributed by atoms with Crippen LogP contribution in [0.2, 0.25) is 0 Å². The van der Waals surface area contributed by atoms with Crippen molar-refractivity contribution in [1.82, 2.24) is 19.7 Å². The fourth-order valence-electron chi connectivity index (χ4n) is 4.13. The standard InChI is InChI=1S/C20H25IN4O2/c1-13-16(21)17(14-6-5-7-22-10-14)23-25(13)15-8-20(9-15)11-24(12-20)18(26)27-19(2,3)4/h5-7,10,15H,8-9,11-12H2,1-4H3. The van der Waals surface area contributed by atoms with E-state index in [4.69, 9.17) is 9.84 Å². The molecule has 144 valence electrons. The topological polar surface area (TPSA) is 60.2 Å². The lowest BCUT2D eigenvalue weighted by molar-refractivity contribution is -0.0930. The van der Waals surface area contributed by atoms with Crippen LogP contribution in [0.15, 0.2) is 24.5 Å². The Hall–Kier alpha value is -1.64. The summed E-state index contributed by atoms with van der Waals surface area (Å²) in [5, 5.41) is 4.89. The number of hydrogen-bond donors (Lipinski definition) is 0. The molecule has 2 aromatic heterocycles. The molecule has 6 nitrogen and oxygen atoms in total. The number of nitrogens with zero attached hydrogens (tertiary/aromatic N) is 4. The second-order valence-corrected chi connectivity index (χ2v) is 9.91. The normalized spacial score (nSPS) is 18.9. The van der Waals surface area contributed by atoms with E-state index in [0.717, 1.165) is 37.2 Å².